The van der Waals surface area contributed by atoms with Crippen molar-refractivity contribution in [2.75, 3.05) is 5.73 Å². The van der Waals surface area contributed by atoms with Gasteiger partial charge in [0.2, 0.25) is 0 Å². The Bertz CT molecular complexity index is 618. The molecule has 20 heavy (non-hydrogen) atoms. The number of aryl methyl sites for hydroxylation is 1. The number of nitrogens with one attached hydrogen (secondary N) is 1. The Morgan fingerprint density at radius 2 is 1.95 bits per heavy atom. The predicted octanol–water partition coefficient (Wildman–Crippen LogP) is 3.21. The average Bonchev–Trinajstić information content (AvgIpc) is 2.43. The summed E-state index contributed by atoms with van der Waals surface area (Å²) in [5.41, 5.74) is 8.11. The molecular formula is C14H13Cl2N3O. The van der Waals surface area contributed by atoms with E-state index in [1.165, 1.54) is 12.1 Å². The normalized spacial score (nSPS) is 10.3. The first kappa shape index (κ1) is 14.6. The van der Waals surface area contributed by atoms with Crippen LogP contribution in [0.3, 0.4) is 0 Å². The summed E-state index contributed by atoms with van der Waals surface area (Å²) in [6, 6.07) is 6.78. The van der Waals surface area contributed by atoms with E-state index < -0.39 is 0 Å². The summed E-state index contributed by atoms with van der Waals surface area (Å²) in [6.07, 6.45) is 1.72. The number of anilines is 1. The first-order valence-corrected chi connectivity index (χ1v) is 6.67. The van der Waals surface area contributed by atoms with Crippen LogP contribution in [-0.2, 0) is 6.54 Å². The van der Waals surface area contributed by atoms with Crippen molar-refractivity contribution in [2.24, 2.45) is 0 Å². The molecule has 3 N–H and O–H groups in total. The van der Waals surface area contributed by atoms with Gasteiger partial charge in [0, 0.05) is 24.0 Å². The van der Waals surface area contributed by atoms with E-state index in [9.17, 15) is 4.79 Å². The van der Waals surface area contributed by atoms with Gasteiger partial charge in [0.15, 0.2) is 0 Å². The number of hydrogen-bond donors (Lipinski definition) is 2. The van der Waals surface area contributed by atoms with Crippen LogP contribution < -0.4 is 11.1 Å². The summed E-state index contributed by atoms with van der Waals surface area (Å²) in [4.78, 5) is 16.2. The van der Waals surface area contributed by atoms with Crippen molar-refractivity contribution in [3.8, 4) is 0 Å². The third-order valence-electron chi connectivity index (χ3n) is 2.77. The number of rotatable bonds is 3. The van der Waals surface area contributed by atoms with E-state index in [-0.39, 0.29) is 21.6 Å². The van der Waals surface area contributed by atoms with Crippen molar-refractivity contribution in [1.82, 2.24) is 10.3 Å². The highest BCUT2D eigenvalue weighted by atomic mass is 35.5. The van der Waals surface area contributed by atoms with Gasteiger partial charge in [-0.3, -0.25) is 9.78 Å². The maximum Gasteiger partial charge on any atom is 0.251 e. The molecule has 0 radical (unpaired) electrons. The maximum absolute atomic E-state index is 12.0. The topological polar surface area (TPSA) is 68.0 Å². The minimum absolute atomic E-state index is 0.264. The summed E-state index contributed by atoms with van der Waals surface area (Å²) < 4.78 is 0. The van der Waals surface area contributed by atoms with E-state index >= 15 is 0 Å². The number of pyridine rings is 1. The molecule has 0 atom stereocenters. The van der Waals surface area contributed by atoms with Crippen LogP contribution in [0.5, 0.6) is 0 Å². The number of nitrogen functional groups attached to an aromatic ring is 1. The molecule has 1 amide bonds. The lowest BCUT2D eigenvalue weighted by molar-refractivity contribution is 0.0951. The van der Waals surface area contributed by atoms with Crippen LogP contribution in [0.4, 0.5) is 5.69 Å². The molecule has 6 heteroatoms. The van der Waals surface area contributed by atoms with Gasteiger partial charge in [-0.1, -0.05) is 29.3 Å². The second-order valence-corrected chi connectivity index (χ2v) is 5.16. The number of nitrogens with two attached hydrogens (primary N) is 1. The average molecular weight is 310 g/mol. The smallest absolute Gasteiger partial charge is 0.251 e. The van der Waals surface area contributed by atoms with Crippen LogP contribution in [0.1, 0.15) is 21.6 Å². The standard InChI is InChI=1S/C14H13Cl2N3O/c1-8-2-3-9(6-18-8)7-19-14(20)10-4-11(15)13(17)12(16)5-10/h2-6H,7,17H2,1H3,(H,19,20). The molecule has 1 heterocycles. The Hall–Kier alpha value is -1.78. The quantitative estimate of drug-likeness (QED) is 0.855. The van der Waals surface area contributed by atoms with Crippen molar-refractivity contribution in [2.45, 2.75) is 13.5 Å². The van der Waals surface area contributed by atoms with Crippen molar-refractivity contribution < 1.29 is 4.79 Å². The minimum atomic E-state index is -0.269. The fourth-order valence-corrected chi connectivity index (χ4v) is 2.09. The summed E-state index contributed by atoms with van der Waals surface area (Å²) >= 11 is 11.8. The van der Waals surface area contributed by atoms with Crippen LogP contribution in [0, 0.1) is 6.92 Å². The fourth-order valence-electron chi connectivity index (χ4n) is 1.60. The molecule has 0 aliphatic carbocycles. The van der Waals surface area contributed by atoms with Crippen LogP contribution in [0.25, 0.3) is 0 Å². The zero-order valence-electron chi connectivity index (χ0n) is 10.8. The third-order valence-corrected chi connectivity index (χ3v) is 3.39. The Balaban J connectivity index is 2.07. The number of benzene rings is 1. The van der Waals surface area contributed by atoms with Gasteiger partial charge in [0.1, 0.15) is 0 Å². The molecule has 0 fully saturated rings. The molecular weight excluding hydrogens is 297 g/mol. The van der Waals surface area contributed by atoms with Gasteiger partial charge in [-0.05, 0) is 30.7 Å². The Labute approximate surface area is 126 Å². The maximum atomic E-state index is 12.0. The van der Waals surface area contributed by atoms with Crippen LogP contribution in [0.2, 0.25) is 10.0 Å². The summed E-state index contributed by atoms with van der Waals surface area (Å²) in [5.74, 6) is -0.269. The molecule has 0 spiro atoms. The van der Waals surface area contributed by atoms with Crippen LogP contribution in [0.15, 0.2) is 30.5 Å². The lowest BCUT2D eigenvalue weighted by Crippen LogP contribution is -2.23. The number of halogens is 2. The molecule has 0 aliphatic heterocycles. The van der Waals surface area contributed by atoms with Gasteiger partial charge < -0.3 is 11.1 Å². The van der Waals surface area contributed by atoms with Crippen molar-refractivity contribution >= 4 is 34.8 Å². The van der Waals surface area contributed by atoms with E-state index in [2.05, 4.69) is 10.3 Å². The second-order valence-electron chi connectivity index (χ2n) is 4.34. The van der Waals surface area contributed by atoms with Crippen molar-refractivity contribution in [3.05, 3.63) is 57.3 Å². The van der Waals surface area contributed by atoms with Gasteiger partial charge in [0.25, 0.3) is 5.91 Å². The largest absolute Gasteiger partial charge is 0.396 e. The molecule has 2 aromatic rings. The van der Waals surface area contributed by atoms with Gasteiger partial charge >= 0.3 is 0 Å². The van der Waals surface area contributed by atoms with Gasteiger partial charge in [0.05, 0.1) is 15.7 Å². The molecule has 104 valence electrons. The molecule has 0 bridgehead atoms. The van der Waals surface area contributed by atoms with E-state index in [1.807, 2.05) is 19.1 Å². The fraction of sp³-hybridized carbons (Fsp3) is 0.143. The number of aromatic nitrogens is 1. The highest BCUT2D eigenvalue weighted by Crippen LogP contribution is 2.28. The number of hydrogen-bond acceptors (Lipinski definition) is 3. The molecule has 0 unspecified atom stereocenters. The molecule has 0 saturated heterocycles. The first-order valence-electron chi connectivity index (χ1n) is 5.91. The first-order chi connectivity index (χ1) is 9.47. The predicted molar refractivity (Wildman–Crippen MR) is 81.0 cm³/mol. The highest BCUT2D eigenvalue weighted by molar-refractivity contribution is 6.39. The second kappa shape index (κ2) is 6.11. The molecule has 2 rings (SSSR count). The zero-order chi connectivity index (χ0) is 14.7. The van der Waals surface area contributed by atoms with E-state index in [1.54, 1.807) is 6.20 Å². The third kappa shape index (κ3) is 3.40. The number of amides is 1. The SMILES string of the molecule is Cc1ccc(CNC(=O)c2cc(Cl)c(N)c(Cl)c2)cn1. The molecule has 4 nitrogen and oxygen atoms in total. The lowest BCUT2D eigenvalue weighted by Gasteiger charge is -2.08. The molecule has 1 aromatic carbocycles. The van der Waals surface area contributed by atoms with Crippen molar-refractivity contribution in [3.63, 3.8) is 0 Å². The summed E-state index contributed by atoms with van der Waals surface area (Å²) in [5, 5.41) is 3.30. The van der Waals surface area contributed by atoms with Gasteiger partial charge in [-0.15, -0.1) is 0 Å². The monoisotopic (exact) mass is 309 g/mol. The van der Waals surface area contributed by atoms with Crippen LogP contribution >= 0.6 is 23.2 Å². The van der Waals surface area contributed by atoms with Crippen molar-refractivity contribution in [1.29, 1.82) is 0 Å². The molecule has 1 aromatic heterocycles. The number of nitrogens with zero attached hydrogens (tertiary/aromatic N) is 1. The molecule has 0 aliphatic rings. The van der Waals surface area contributed by atoms with Gasteiger partial charge in [-0.25, -0.2) is 0 Å². The minimum Gasteiger partial charge on any atom is -0.396 e. The van der Waals surface area contributed by atoms with Crippen LogP contribution in [-0.4, -0.2) is 10.9 Å². The highest BCUT2D eigenvalue weighted by Gasteiger charge is 2.11. The lowest BCUT2D eigenvalue weighted by atomic mass is 10.2. The summed E-state index contributed by atoms with van der Waals surface area (Å²) in [6.45, 7) is 2.28. The summed E-state index contributed by atoms with van der Waals surface area (Å²) in [7, 11) is 0. The number of carbonyl (C=O) groups is 1. The number of carbonyl (C=O) groups excluding carboxylic acids is 1. The zero-order valence-corrected chi connectivity index (χ0v) is 12.3. The van der Waals surface area contributed by atoms with Gasteiger partial charge in [-0.2, -0.15) is 0 Å². The van der Waals surface area contributed by atoms with E-state index in [4.69, 9.17) is 28.9 Å². The Kier molecular flexibility index (Phi) is 4.47. The Morgan fingerprint density at radius 3 is 2.50 bits per heavy atom. The van der Waals surface area contributed by atoms with E-state index in [0.717, 1.165) is 11.3 Å². The molecule has 0 saturated carbocycles. The Morgan fingerprint density at radius 1 is 1.30 bits per heavy atom. The van der Waals surface area contributed by atoms with E-state index in [0.29, 0.717) is 12.1 Å².